The van der Waals surface area contributed by atoms with Crippen LogP contribution in [-0.2, 0) is 35.0 Å². The molecule has 1 aliphatic carbocycles. The molecule has 0 bridgehead atoms. The molecule has 1 heterocycles. The lowest BCUT2D eigenvalue weighted by Crippen LogP contribution is -2.42. The zero-order chi connectivity index (χ0) is 29.1. The second-order valence-corrected chi connectivity index (χ2v) is 10.1. The SMILES string of the molecule is CC1(C)OC(=O)C(=CNc2ccc(CC(NC(=O)OCC3c4ccccc4-c4ccccc43)C(=O)O)cc2)C(=O)O1. The molecular formula is C31H28N2O8. The molecule has 0 saturated carbocycles. The quantitative estimate of drug-likeness (QED) is 0.210. The summed E-state index contributed by atoms with van der Waals surface area (Å²) in [6.45, 7) is 2.98. The second kappa shape index (κ2) is 11.2. The van der Waals surface area contributed by atoms with Gasteiger partial charge >= 0.3 is 24.0 Å². The lowest BCUT2D eigenvalue weighted by atomic mass is 9.98. The standard InChI is InChI=1S/C31H28N2O8/c1-31(2)40-28(36)24(29(37)41-31)16-32-19-13-11-18(12-14-19)15-26(27(34)35)33-30(38)39-17-25-22-9-5-3-7-20(22)21-8-4-6-10-23(21)25/h3-14,16,25-26,32H,15,17H2,1-2H3,(H,33,38)(H,34,35). The number of fused-ring (bicyclic) bond motifs is 3. The van der Waals surface area contributed by atoms with Gasteiger partial charge in [-0.25, -0.2) is 19.2 Å². The zero-order valence-electron chi connectivity index (χ0n) is 22.4. The molecule has 0 radical (unpaired) electrons. The van der Waals surface area contributed by atoms with Crippen LogP contribution in [0.3, 0.4) is 0 Å². The molecule has 0 spiro atoms. The van der Waals surface area contributed by atoms with Crippen molar-refractivity contribution in [3.63, 3.8) is 0 Å². The molecule has 1 fully saturated rings. The molecule has 1 unspecified atom stereocenters. The first kappa shape index (κ1) is 27.4. The van der Waals surface area contributed by atoms with Crippen LogP contribution in [-0.4, -0.2) is 47.5 Å². The van der Waals surface area contributed by atoms with Crippen molar-refractivity contribution in [1.29, 1.82) is 0 Å². The molecule has 1 aliphatic heterocycles. The molecule has 5 rings (SSSR count). The average molecular weight is 557 g/mol. The van der Waals surface area contributed by atoms with E-state index in [1.165, 1.54) is 20.0 Å². The molecule has 10 nitrogen and oxygen atoms in total. The minimum absolute atomic E-state index is 0.00856. The Morgan fingerprint density at radius 3 is 2.05 bits per heavy atom. The number of esters is 2. The summed E-state index contributed by atoms with van der Waals surface area (Å²) in [5.41, 5.74) is 5.18. The van der Waals surface area contributed by atoms with E-state index in [0.717, 1.165) is 22.3 Å². The molecule has 210 valence electrons. The first-order chi connectivity index (χ1) is 19.6. The van der Waals surface area contributed by atoms with Crippen molar-refractivity contribution >= 4 is 29.7 Å². The van der Waals surface area contributed by atoms with Gasteiger partial charge < -0.3 is 30.0 Å². The molecule has 0 aromatic heterocycles. The summed E-state index contributed by atoms with van der Waals surface area (Å²) >= 11 is 0. The van der Waals surface area contributed by atoms with Gasteiger partial charge in [-0.15, -0.1) is 0 Å². The van der Waals surface area contributed by atoms with Crippen LogP contribution in [0.1, 0.15) is 36.5 Å². The monoisotopic (exact) mass is 556 g/mol. The van der Waals surface area contributed by atoms with Crippen molar-refractivity contribution in [1.82, 2.24) is 5.32 Å². The van der Waals surface area contributed by atoms with E-state index < -0.39 is 35.8 Å². The van der Waals surface area contributed by atoms with Crippen LogP contribution in [0.25, 0.3) is 11.1 Å². The average Bonchev–Trinajstić information content (AvgIpc) is 3.25. The number of aliphatic carboxylic acids is 1. The summed E-state index contributed by atoms with van der Waals surface area (Å²) in [5.74, 6) is -4.29. The number of benzene rings is 3. The van der Waals surface area contributed by atoms with Crippen molar-refractivity contribution < 1.29 is 38.5 Å². The fourth-order valence-corrected chi connectivity index (χ4v) is 4.89. The van der Waals surface area contributed by atoms with E-state index in [1.807, 2.05) is 48.5 Å². The highest BCUT2D eigenvalue weighted by Crippen LogP contribution is 2.44. The van der Waals surface area contributed by atoms with Crippen molar-refractivity contribution in [3.8, 4) is 11.1 Å². The van der Waals surface area contributed by atoms with Crippen LogP contribution in [0.4, 0.5) is 10.5 Å². The fraction of sp³-hybridized carbons (Fsp3) is 0.226. The van der Waals surface area contributed by atoms with Gasteiger partial charge in [-0.05, 0) is 39.9 Å². The normalized spacial score (nSPS) is 16.0. The van der Waals surface area contributed by atoms with E-state index in [4.69, 9.17) is 14.2 Å². The number of cyclic esters (lactones) is 2. The molecule has 10 heteroatoms. The number of carbonyl (C=O) groups is 4. The molecule has 3 N–H and O–H groups in total. The Morgan fingerprint density at radius 2 is 1.49 bits per heavy atom. The number of carbonyl (C=O) groups excluding carboxylic acids is 3. The van der Waals surface area contributed by atoms with Crippen LogP contribution in [0.2, 0.25) is 0 Å². The van der Waals surface area contributed by atoms with Gasteiger partial charge in [0.1, 0.15) is 12.6 Å². The number of hydrogen-bond acceptors (Lipinski definition) is 8. The van der Waals surface area contributed by atoms with Gasteiger partial charge in [0.25, 0.3) is 5.79 Å². The maximum atomic E-state index is 12.6. The predicted octanol–water partition coefficient (Wildman–Crippen LogP) is 4.35. The van der Waals surface area contributed by atoms with Gasteiger partial charge in [-0.2, -0.15) is 0 Å². The number of anilines is 1. The van der Waals surface area contributed by atoms with Crippen molar-refractivity contribution in [2.24, 2.45) is 0 Å². The van der Waals surface area contributed by atoms with Crippen molar-refractivity contribution in [2.45, 2.75) is 38.0 Å². The lowest BCUT2D eigenvalue weighted by Gasteiger charge is -2.29. The molecule has 3 aromatic carbocycles. The number of ether oxygens (including phenoxy) is 3. The van der Waals surface area contributed by atoms with Crippen LogP contribution in [0.15, 0.2) is 84.6 Å². The Hall–Kier alpha value is -5.12. The van der Waals surface area contributed by atoms with E-state index in [-0.39, 0.29) is 24.5 Å². The molecule has 3 aromatic rings. The Bertz CT molecular complexity index is 1480. The van der Waals surface area contributed by atoms with Crippen LogP contribution >= 0.6 is 0 Å². The van der Waals surface area contributed by atoms with Crippen molar-refractivity contribution in [2.75, 3.05) is 11.9 Å². The van der Waals surface area contributed by atoms with Gasteiger partial charge in [0.15, 0.2) is 5.57 Å². The summed E-state index contributed by atoms with van der Waals surface area (Å²) in [4.78, 5) is 48.7. The number of alkyl carbamates (subject to hydrolysis) is 1. The van der Waals surface area contributed by atoms with E-state index in [2.05, 4.69) is 10.6 Å². The third kappa shape index (κ3) is 6.06. The van der Waals surface area contributed by atoms with Gasteiger partial charge in [0.05, 0.1) is 0 Å². The number of carboxylic acids is 1. The van der Waals surface area contributed by atoms with Gasteiger partial charge in [-0.1, -0.05) is 60.7 Å². The molecule has 2 aliphatic rings. The Morgan fingerprint density at radius 1 is 0.927 bits per heavy atom. The first-order valence-electron chi connectivity index (χ1n) is 13.0. The van der Waals surface area contributed by atoms with E-state index in [1.54, 1.807) is 24.3 Å². The molecule has 1 saturated heterocycles. The number of nitrogens with one attached hydrogen (secondary N) is 2. The first-order valence-corrected chi connectivity index (χ1v) is 13.0. The summed E-state index contributed by atoms with van der Waals surface area (Å²) in [7, 11) is 0. The Labute approximate surface area is 235 Å². The Kier molecular flexibility index (Phi) is 7.47. The second-order valence-electron chi connectivity index (χ2n) is 10.1. The maximum Gasteiger partial charge on any atom is 0.407 e. The topological polar surface area (TPSA) is 140 Å². The van der Waals surface area contributed by atoms with Crippen LogP contribution in [0.5, 0.6) is 0 Å². The van der Waals surface area contributed by atoms with Crippen LogP contribution in [0, 0.1) is 0 Å². The summed E-state index contributed by atoms with van der Waals surface area (Å²) in [5, 5.41) is 15.0. The molecule has 41 heavy (non-hydrogen) atoms. The maximum absolute atomic E-state index is 12.6. The number of rotatable bonds is 8. The number of carboxylic acid groups (broad SMARTS) is 1. The molecule has 1 atom stereocenters. The molecular weight excluding hydrogens is 528 g/mol. The van der Waals surface area contributed by atoms with E-state index in [9.17, 15) is 24.3 Å². The van der Waals surface area contributed by atoms with Gasteiger partial charge in [-0.3, -0.25) is 0 Å². The predicted molar refractivity (Wildman–Crippen MR) is 148 cm³/mol. The van der Waals surface area contributed by atoms with E-state index in [0.29, 0.717) is 11.3 Å². The third-order valence-corrected chi connectivity index (χ3v) is 6.83. The minimum atomic E-state index is -1.33. The Balaban J connectivity index is 1.17. The summed E-state index contributed by atoms with van der Waals surface area (Å²) < 4.78 is 15.6. The lowest BCUT2D eigenvalue weighted by molar-refractivity contribution is -0.222. The van der Waals surface area contributed by atoms with Gasteiger partial charge in [0, 0.05) is 38.1 Å². The van der Waals surface area contributed by atoms with Gasteiger partial charge in [0.2, 0.25) is 0 Å². The number of hydrogen-bond donors (Lipinski definition) is 3. The highest BCUT2D eigenvalue weighted by Gasteiger charge is 2.39. The highest BCUT2D eigenvalue weighted by molar-refractivity contribution is 6.15. The zero-order valence-corrected chi connectivity index (χ0v) is 22.4. The van der Waals surface area contributed by atoms with E-state index >= 15 is 0 Å². The number of amides is 1. The minimum Gasteiger partial charge on any atom is -0.480 e. The smallest absolute Gasteiger partial charge is 0.407 e. The summed E-state index contributed by atoms with van der Waals surface area (Å²) in [6.07, 6.45) is 0.376. The largest absolute Gasteiger partial charge is 0.480 e. The fourth-order valence-electron chi connectivity index (χ4n) is 4.89. The molecule has 1 amide bonds. The van der Waals surface area contributed by atoms with Crippen LogP contribution < -0.4 is 10.6 Å². The highest BCUT2D eigenvalue weighted by atomic mass is 16.7. The summed E-state index contributed by atoms with van der Waals surface area (Å²) in [6, 6.07) is 21.3. The van der Waals surface area contributed by atoms with Crippen molar-refractivity contribution in [3.05, 3.63) is 101 Å². The third-order valence-electron chi connectivity index (χ3n) is 6.83.